The molecule has 2 aliphatic carbocycles. The number of nitrogens with two attached hydrogens (primary N) is 1. The summed E-state index contributed by atoms with van der Waals surface area (Å²) in [4.78, 5) is 0. The van der Waals surface area contributed by atoms with Crippen molar-refractivity contribution in [1.29, 1.82) is 0 Å². The zero-order valence-electron chi connectivity index (χ0n) is 12.5. The van der Waals surface area contributed by atoms with E-state index in [0.29, 0.717) is 12.5 Å². The predicted molar refractivity (Wildman–Crippen MR) is 82.5 cm³/mol. The van der Waals surface area contributed by atoms with E-state index in [1.807, 2.05) is 0 Å². The van der Waals surface area contributed by atoms with E-state index in [0.717, 1.165) is 24.3 Å². The maximum absolute atomic E-state index is 11.1. The van der Waals surface area contributed by atoms with Gasteiger partial charge in [0.15, 0.2) is 0 Å². The van der Waals surface area contributed by atoms with Crippen molar-refractivity contribution < 1.29 is 5.11 Å². The van der Waals surface area contributed by atoms with Crippen molar-refractivity contribution in [3.8, 4) is 0 Å². The van der Waals surface area contributed by atoms with Crippen molar-refractivity contribution in [3.63, 3.8) is 0 Å². The van der Waals surface area contributed by atoms with Crippen LogP contribution in [0, 0.1) is 11.3 Å². The summed E-state index contributed by atoms with van der Waals surface area (Å²) in [5, 5.41) is 11.1. The average molecular weight is 273 g/mol. The zero-order chi connectivity index (χ0) is 14.2. The molecular formula is C18H27NO. The fourth-order valence-electron chi connectivity index (χ4n) is 3.78. The number of aliphatic hydroxyl groups excluding tert-OH is 1. The summed E-state index contributed by atoms with van der Waals surface area (Å²) < 4.78 is 0. The van der Waals surface area contributed by atoms with Crippen LogP contribution in [-0.2, 0) is 0 Å². The Morgan fingerprint density at radius 2 is 1.85 bits per heavy atom. The van der Waals surface area contributed by atoms with Crippen LogP contribution in [0.5, 0.6) is 0 Å². The smallest absolute Gasteiger partial charge is 0.0861 e. The highest BCUT2D eigenvalue weighted by Crippen LogP contribution is 2.50. The quantitative estimate of drug-likeness (QED) is 0.877. The molecule has 0 aromatic heterocycles. The first-order valence-corrected chi connectivity index (χ1v) is 8.13. The maximum atomic E-state index is 11.1. The Labute approximate surface area is 122 Å². The van der Waals surface area contributed by atoms with Crippen LogP contribution in [0.2, 0.25) is 0 Å². The van der Waals surface area contributed by atoms with Gasteiger partial charge in [-0.05, 0) is 48.6 Å². The summed E-state index contributed by atoms with van der Waals surface area (Å²) in [7, 11) is 0. The van der Waals surface area contributed by atoms with Crippen LogP contribution >= 0.6 is 0 Å². The molecule has 110 valence electrons. The second-order valence-corrected chi connectivity index (χ2v) is 7.05. The van der Waals surface area contributed by atoms with Gasteiger partial charge in [0, 0.05) is 12.0 Å². The molecule has 2 aliphatic rings. The van der Waals surface area contributed by atoms with Gasteiger partial charge >= 0.3 is 0 Å². The van der Waals surface area contributed by atoms with Gasteiger partial charge in [0.05, 0.1) is 6.10 Å². The summed E-state index contributed by atoms with van der Waals surface area (Å²) in [6.07, 6.45) is 6.67. The lowest BCUT2D eigenvalue weighted by Crippen LogP contribution is -2.40. The predicted octanol–water partition coefficient (Wildman–Crippen LogP) is 3.75. The molecule has 1 aromatic carbocycles. The molecule has 1 atom stereocenters. The monoisotopic (exact) mass is 273 g/mol. The molecule has 2 saturated carbocycles. The van der Waals surface area contributed by atoms with Crippen LogP contribution in [-0.4, -0.2) is 11.7 Å². The normalized spacial score (nSPS) is 32.0. The molecule has 20 heavy (non-hydrogen) atoms. The van der Waals surface area contributed by atoms with Gasteiger partial charge < -0.3 is 10.8 Å². The summed E-state index contributed by atoms with van der Waals surface area (Å²) in [6, 6.07) is 8.47. The Hall–Kier alpha value is -0.860. The van der Waals surface area contributed by atoms with Gasteiger partial charge in [0.2, 0.25) is 0 Å². The van der Waals surface area contributed by atoms with Gasteiger partial charge in [-0.3, -0.25) is 0 Å². The Morgan fingerprint density at radius 3 is 2.45 bits per heavy atom. The van der Waals surface area contributed by atoms with Gasteiger partial charge in [-0.2, -0.15) is 0 Å². The molecule has 2 fully saturated rings. The van der Waals surface area contributed by atoms with Gasteiger partial charge in [-0.15, -0.1) is 0 Å². The van der Waals surface area contributed by atoms with Crippen LogP contribution in [0.3, 0.4) is 0 Å². The molecule has 1 aromatic rings. The van der Waals surface area contributed by atoms with Gasteiger partial charge in [0.1, 0.15) is 0 Å². The maximum Gasteiger partial charge on any atom is 0.0861 e. The molecule has 2 nitrogen and oxygen atoms in total. The van der Waals surface area contributed by atoms with E-state index in [-0.39, 0.29) is 5.41 Å². The third kappa shape index (κ3) is 2.51. The topological polar surface area (TPSA) is 46.2 Å². The highest BCUT2D eigenvalue weighted by Gasteiger charge is 2.41. The minimum Gasteiger partial charge on any atom is -0.388 e. The van der Waals surface area contributed by atoms with E-state index < -0.39 is 6.10 Å². The molecule has 0 bridgehead atoms. The summed E-state index contributed by atoms with van der Waals surface area (Å²) >= 11 is 0. The van der Waals surface area contributed by atoms with Crippen LogP contribution in [0.4, 0.5) is 0 Å². The van der Waals surface area contributed by atoms with Gasteiger partial charge in [-0.1, -0.05) is 44.0 Å². The summed E-state index contributed by atoms with van der Waals surface area (Å²) in [5.41, 5.74) is 8.52. The van der Waals surface area contributed by atoms with Crippen LogP contribution in [0.15, 0.2) is 24.3 Å². The fraction of sp³-hybridized carbons (Fsp3) is 0.667. The van der Waals surface area contributed by atoms with Crippen molar-refractivity contribution in [2.45, 2.75) is 57.5 Å². The summed E-state index contributed by atoms with van der Waals surface area (Å²) in [6.45, 7) is 2.91. The van der Waals surface area contributed by atoms with E-state index in [4.69, 9.17) is 5.73 Å². The SMILES string of the molecule is CC1CCC(CN)(C(O)c2ccccc2C2CC2)CC1. The first-order chi connectivity index (χ1) is 9.66. The van der Waals surface area contributed by atoms with Crippen molar-refractivity contribution in [2.75, 3.05) is 6.54 Å². The number of aliphatic hydroxyl groups is 1. The molecule has 3 N–H and O–H groups in total. The standard InChI is InChI=1S/C18H27NO/c1-13-8-10-18(12-19,11-9-13)17(20)16-5-3-2-4-15(16)14-6-7-14/h2-5,13-14,17,20H,6-12,19H2,1H3. The number of hydrogen-bond acceptors (Lipinski definition) is 2. The van der Waals surface area contributed by atoms with Crippen molar-refractivity contribution >= 4 is 0 Å². The lowest BCUT2D eigenvalue weighted by Gasteiger charge is -2.43. The lowest BCUT2D eigenvalue weighted by atomic mass is 9.65. The largest absolute Gasteiger partial charge is 0.388 e. The molecular weight excluding hydrogens is 246 g/mol. The van der Waals surface area contributed by atoms with E-state index in [2.05, 4.69) is 31.2 Å². The molecule has 0 heterocycles. The highest BCUT2D eigenvalue weighted by atomic mass is 16.3. The second kappa shape index (κ2) is 5.50. The second-order valence-electron chi connectivity index (χ2n) is 7.05. The Bertz CT molecular complexity index is 458. The molecule has 2 heteroatoms. The van der Waals surface area contributed by atoms with Crippen LogP contribution < -0.4 is 5.73 Å². The molecule has 0 spiro atoms. The number of rotatable bonds is 4. The summed E-state index contributed by atoms with van der Waals surface area (Å²) in [5.74, 6) is 1.46. The van der Waals surface area contributed by atoms with Crippen LogP contribution in [0.25, 0.3) is 0 Å². The zero-order valence-corrected chi connectivity index (χ0v) is 12.5. The third-order valence-corrected chi connectivity index (χ3v) is 5.56. The van der Waals surface area contributed by atoms with E-state index in [9.17, 15) is 5.11 Å². The van der Waals surface area contributed by atoms with Crippen molar-refractivity contribution in [1.82, 2.24) is 0 Å². The van der Waals surface area contributed by atoms with Gasteiger partial charge in [-0.25, -0.2) is 0 Å². The highest BCUT2D eigenvalue weighted by molar-refractivity contribution is 5.36. The number of hydrogen-bond donors (Lipinski definition) is 2. The molecule has 0 amide bonds. The first-order valence-electron chi connectivity index (χ1n) is 8.13. The van der Waals surface area contributed by atoms with E-state index in [1.165, 1.54) is 31.2 Å². The average Bonchev–Trinajstić information content (AvgIpc) is 3.32. The molecule has 0 aliphatic heterocycles. The van der Waals surface area contributed by atoms with Crippen LogP contribution in [0.1, 0.15) is 68.6 Å². The van der Waals surface area contributed by atoms with E-state index >= 15 is 0 Å². The molecule has 0 radical (unpaired) electrons. The molecule has 0 saturated heterocycles. The lowest BCUT2D eigenvalue weighted by molar-refractivity contribution is -0.00870. The van der Waals surface area contributed by atoms with E-state index in [1.54, 1.807) is 0 Å². The minimum atomic E-state index is -0.392. The Balaban J connectivity index is 1.88. The van der Waals surface area contributed by atoms with Crippen molar-refractivity contribution in [2.24, 2.45) is 17.1 Å². The Morgan fingerprint density at radius 1 is 1.20 bits per heavy atom. The fourth-order valence-corrected chi connectivity index (χ4v) is 3.78. The molecule has 1 unspecified atom stereocenters. The third-order valence-electron chi connectivity index (χ3n) is 5.56. The Kier molecular flexibility index (Phi) is 3.87. The number of benzene rings is 1. The first kappa shape index (κ1) is 14.1. The van der Waals surface area contributed by atoms with Gasteiger partial charge in [0.25, 0.3) is 0 Å². The minimum absolute atomic E-state index is 0.0997. The molecule has 3 rings (SSSR count). The van der Waals surface area contributed by atoms with Crippen molar-refractivity contribution in [3.05, 3.63) is 35.4 Å².